The quantitative estimate of drug-likeness (QED) is 0.664. The number of rotatable bonds is 5. The number of aryl methyl sites for hydroxylation is 1. The van der Waals surface area contributed by atoms with E-state index < -0.39 is 0 Å². The zero-order valence-electron chi connectivity index (χ0n) is 13.9. The van der Waals surface area contributed by atoms with Crippen molar-refractivity contribution in [3.05, 3.63) is 33.7 Å². The minimum absolute atomic E-state index is 0.0625. The van der Waals surface area contributed by atoms with Crippen LogP contribution in [0.2, 0.25) is 5.02 Å². The van der Waals surface area contributed by atoms with Crippen LogP contribution in [0, 0.1) is 6.92 Å². The second-order valence-corrected chi connectivity index (χ2v) is 7.40. The van der Waals surface area contributed by atoms with E-state index in [1.807, 2.05) is 17.0 Å². The molecule has 4 heteroatoms. The molecule has 1 amide bonds. The van der Waals surface area contributed by atoms with Crippen molar-refractivity contribution < 1.29 is 4.79 Å². The Hall–Kier alpha value is -1.06. The lowest BCUT2D eigenvalue weighted by atomic mass is 10.1. The number of fused-ring (bicyclic) bond motifs is 1. The predicted molar refractivity (Wildman–Crippen MR) is 97.2 cm³/mol. The molecule has 120 valence electrons. The van der Waals surface area contributed by atoms with Gasteiger partial charge in [-0.2, -0.15) is 0 Å². The molecular formula is C18H24ClNOS. The molecule has 1 heterocycles. The van der Waals surface area contributed by atoms with Crippen LogP contribution in [-0.4, -0.2) is 22.9 Å². The van der Waals surface area contributed by atoms with Gasteiger partial charge in [0.1, 0.15) is 4.88 Å². The van der Waals surface area contributed by atoms with Crippen molar-refractivity contribution in [2.45, 2.75) is 59.5 Å². The van der Waals surface area contributed by atoms with E-state index in [1.54, 1.807) is 0 Å². The molecule has 0 aliphatic heterocycles. The Morgan fingerprint density at radius 2 is 1.82 bits per heavy atom. The highest BCUT2D eigenvalue weighted by Crippen LogP contribution is 2.37. The van der Waals surface area contributed by atoms with Crippen molar-refractivity contribution in [1.82, 2.24) is 4.90 Å². The molecule has 0 unspecified atom stereocenters. The lowest BCUT2D eigenvalue weighted by Gasteiger charge is -2.33. The summed E-state index contributed by atoms with van der Waals surface area (Å²) in [5.74, 6) is 0.0625. The van der Waals surface area contributed by atoms with Gasteiger partial charge in [0.2, 0.25) is 0 Å². The summed E-state index contributed by atoms with van der Waals surface area (Å²) in [5, 5.41) is 1.58. The van der Waals surface area contributed by atoms with E-state index in [9.17, 15) is 4.79 Å². The van der Waals surface area contributed by atoms with Crippen molar-refractivity contribution in [2.75, 3.05) is 0 Å². The number of thiophene rings is 1. The Balaban J connectivity index is 2.48. The maximum Gasteiger partial charge on any atom is 0.265 e. The van der Waals surface area contributed by atoms with Crippen LogP contribution in [0.15, 0.2) is 18.2 Å². The number of halogens is 1. The number of carbonyl (C=O) groups excluding carboxylic acids is 1. The maximum atomic E-state index is 13.1. The smallest absolute Gasteiger partial charge is 0.265 e. The molecule has 2 rings (SSSR count). The summed E-state index contributed by atoms with van der Waals surface area (Å²) in [7, 11) is 0. The van der Waals surface area contributed by atoms with Gasteiger partial charge in [0.05, 0.1) is 5.02 Å². The van der Waals surface area contributed by atoms with Crippen molar-refractivity contribution >= 4 is 38.9 Å². The zero-order chi connectivity index (χ0) is 16.4. The summed E-state index contributed by atoms with van der Waals surface area (Å²) in [4.78, 5) is 15.7. The van der Waals surface area contributed by atoms with Gasteiger partial charge in [-0.3, -0.25) is 4.79 Å². The van der Waals surface area contributed by atoms with Crippen LogP contribution in [0.25, 0.3) is 10.1 Å². The first-order valence-corrected chi connectivity index (χ1v) is 9.11. The zero-order valence-corrected chi connectivity index (χ0v) is 15.5. The molecule has 0 radical (unpaired) electrons. The van der Waals surface area contributed by atoms with Gasteiger partial charge in [-0.1, -0.05) is 37.6 Å². The van der Waals surface area contributed by atoms with E-state index in [4.69, 9.17) is 11.6 Å². The molecule has 2 aromatic rings. The van der Waals surface area contributed by atoms with Crippen LogP contribution >= 0.6 is 22.9 Å². The third-order valence-electron chi connectivity index (χ3n) is 4.35. The standard InChI is InChI=1S/C18H24ClNOS/c1-6-12(4)20(13(5)7-2)18(21)17-16(19)14-9-8-11(3)10-15(14)22-17/h8-10,12-13H,6-7H2,1-5H3/t12-,13+. The first-order chi connectivity index (χ1) is 10.4. The summed E-state index contributed by atoms with van der Waals surface area (Å²) in [6.45, 7) is 10.5. The monoisotopic (exact) mass is 337 g/mol. The Kier molecular flexibility index (Phi) is 5.51. The van der Waals surface area contributed by atoms with Crippen LogP contribution in [0.1, 0.15) is 55.8 Å². The number of amides is 1. The Bertz CT molecular complexity index is 669. The highest BCUT2D eigenvalue weighted by Gasteiger charge is 2.28. The second-order valence-electron chi connectivity index (χ2n) is 5.97. The third kappa shape index (κ3) is 3.16. The van der Waals surface area contributed by atoms with E-state index in [0.717, 1.165) is 22.9 Å². The molecule has 0 saturated carbocycles. The predicted octanol–water partition coefficient (Wildman–Crippen LogP) is 5.90. The Morgan fingerprint density at radius 3 is 2.36 bits per heavy atom. The van der Waals surface area contributed by atoms with Crippen molar-refractivity contribution in [2.24, 2.45) is 0 Å². The molecule has 0 bridgehead atoms. The van der Waals surface area contributed by atoms with Gasteiger partial charge in [-0.05, 0) is 45.2 Å². The molecule has 0 spiro atoms. The lowest BCUT2D eigenvalue weighted by Crippen LogP contribution is -2.44. The van der Waals surface area contributed by atoms with E-state index >= 15 is 0 Å². The summed E-state index contributed by atoms with van der Waals surface area (Å²) < 4.78 is 1.08. The van der Waals surface area contributed by atoms with Gasteiger partial charge >= 0.3 is 0 Å². The number of carbonyl (C=O) groups is 1. The van der Waals surface area contributed by atoms with Crippen molar-refractivity contribution in [3.8, 4) is 0 Å². The maximum absolute atomic E-state index is 13.1. The Morgan fingerprint density at radius 1 is 1.23 bits per heavy atom. The van der Waals surface area contributed by atoms with Crippen molar-refractivity contribution in [1.29, 1.82) is 0 Å². The van der Waals surface area contributed by atoms with Crippen LogP contribution in [0.5, 0.6) is 0 Å². The van der Waals surface area contributed by atoms with Gasteiger partial charge in [0.25, 0.3) is 5.91 Å². The molecule has 1 aromatic carbocycles. The molecule has 0 aliphatic rings. The molecule has 22 heavy (non-hydrogen) atoms. The van der Waals surface area contributed by atoms with Crippen LogP contribution in [-0.2, 0) is 0 Å². The first-order valence-electron chi connectivity index (χ1n) is 7.91. The number of benzene rings is 1. The van der Waals surface area contributed by atoms with E-state index in [2.05, 4.69) is 40.7 Å². The molecule has 0 aliphatic carbocycles. The summed E-state index contributed by atoms with van der Waals surface area (Å²) in [6, 6.07) is 6.57. The fourth-order valence-corrected chi connectivity index (χ4v) is 4.21. The number of hydrogen-bond acceptors (Lipinski definition) is 2. The van der Waals surface area contributed by atoms with Crippen LogP contribution in [0.3, 0.4) is 0 Å². The van der Waals surface area contributed by atoms with E-state index in [-0.39, 0.29) is 18.0 Å². The molecule has 1 aromatic heterocycles. The fraction of sp³-hybridized carbons (Fsp3) is 0.500. The summed E-state index contributed by atoms with van der Waals surface area (Å²) >= 11 is 8.01. The average molecular weight is 338 g/mol. The van der Waals surface area contributed by atoms with Gasteiger partial charge in [-0.25, -0.2) is 0 Å². The van der Waals surface area contributed by atoms with Crippen LogP contribution < -0.4 is 0 Å². The summed E-state index contributed by atoms with van der Waals surface area (Å²) in [5.41, 5.74) is 1.19. The minimum Gasteiger partial charge on any atom is -0.333 e. The molecular weight excluding hydrogens is 314 g/mol. The number of nitrogens with zero attached hydrogens (tertiary/aromatic N) is 1. The molecule has 2 nitrogen and oxygen atoms in total. The summed E-state index contributed by atoms with van der Waals surface area (Å²) in [6.07, 6.45) is 1.88. The average Bonchev–Trinajstić information content (AvgIpc) is 2.83. The highest BCUT2D eigenvalue weighted by atomic mass is 35.5. The minimum atomic E-state index is 0.0625. The largest absolute Gasteiger partial charge is 0.333 e. The SMILES string of the molecule is CC[C@@H](C)N(C(=O)c1sc2cc(C)ccc2c1Cl)[C@@H](C)CC. The van der Waals surface area contributed by atoms with Gasteiger partial charge in [-0.15, -0.1) is 11.3 Å². The van der Waals surface area contributed by atoms with Gasteiger partial charge < -0.3 is 4.90 Å². The van der Waals surface area contributed by atoms with Gasteiger partial charge in [0, 0.05) is 22.2 Å². The van der Waals surface area contributed by atoms with Crippen LogP contribution in [0.4, 0.5) is 0 Å². The van der Waals surface area contributed by atoms with E-state index in [0.29, 0.717) is 9.90 Å². The fourth-order valence-electron chi connectivity index (χ4n) is 2.66. The first kappa shape index (κ1) is 17.3. The topological polar surface area (TPSA) is 20.3 Å². The van der Waals surface area contributed by atoms with Crippen molar-refractivity contribution in [3.63, 3.8) is 0 Å². The molecule has 0 fully saturated rings. The van der Waals surface area contributed by atoms with E-state index in [1.165, 1.54) is 16.9 Å². The molecule has 2 atom stereocenters. The highest BCUT2D eigenvalue weighted by molar-refractivity contribution is 7.21. The Labute approximate surface area is 142 Å². The second kappa shape index (κ2) is 7.01. The molecule has 0 N–H and O–H groups in total. The molecule has 0 saturated heterocycles. The normalized spacial score (nSPS) is 14.1. The van der Waals surface area contributed by atoms with Gasteiger partial charge in [0.15, 0.2) is 0 Å². The lowest BCUT2D eigenvalue weighted by molar-refractivity contribution is 0.0604. The number of hydrogen-bond donors (Lipinski definition) is 0. The third-order valence-corrected chi connectivity index (χ3v) is 5.99.